The molecule has 0 spiro atoms. The fourth-order valence-electron chi connectivity index (χ4n) is 3.80. The summed E-state index contributed by atoms with van der Waals surface area (Å²) in [5.74, 6) is -3.18. The van der Waals surface area contributed by atoms with Crippen molar-refractivity contribution in [2.45, 2.75) is 24.0 Å². The number of para-hydroxylation sites is 2. The first-order chi connectivity index (χ1) is 15.4. The number of nitrogens with zero attached hydrogens (tertiary/aromatic N) is 4. The van der Waals surface area contributed by atoms with Crippen LogP contribution in [0.3, 0.4) is 0 Å². The molecule has 2 aromatic carbocycles. The van der Waals surface area contributed by atoms with E-state index in [2.05, 4.69) is 9.88 Å². The maximum absolute atomic E-state index is 13.0. The van der Waals surface area contributed by atoms with Gasteiger partial charge in [0, 0.05) is 38.3 Å². The zero-order valence-corrected chi connectivity index (χ0v) is 18.1. The zero-order chi connectivity index (χ0) is 22.7. The van der Waals surface area contributed by atoms with Gasteiger partial charge < -0.3 is 15.2 Å². The van der Waals surface area contributed by atoms with E-state index in [0.717, 1.165) is 5.56 Å². The number of piperazine rings is 1. The lowest BCUT2D eigenvalue weighted by atomic mass is 10.1. The lowest BCUT2D eigenvalue weighted by Crippen LogP contribution is -2.49. The molecule has 0 unspecified atom stereocenters. The second-order valence-corrected chi connectivity index (χ2v) is 8.52. The number of halogens is 2. The van der Waals surface area contributed by atoms with Crippen LogP contribution in [0.4, 0.5) is 8.78 Å². The Hall–Kier alpha value is -2.98. The summed E-state index contributed by atoms with van der Waals surface area (Å²) in [4.78, 5) is 32.4. The number of alkyl halides is 2. The normalized spacial score (nSPS) is 14.9. The Labute approximate surface area is 188 Å². The molecule has 2 N–H and O–H groups in total. The number of fused-ring (bicyclic) bond motifs is 1. The predicted molar refractivity (Wildman–Crippen MR) is 118 cm³/mol. The van der Waals surface area contributed by atoms with E-state index in [0.29, 0.717) is 61.1 Å². The van der Waals surface area contributed by atoms with E-state index in [1.807, 2.05) is 12.1 Å². The highest BCUT2D eigenvalue weighted by atomic mass is 32.2. The van der Waals surface area contributed by atoms with Gasteiger partial charge >= 0.3 is 0 Å². The van der Waals surface area contributed by atoms with Crippen molar-refractivity contribution in [2.24, 2.45) is 5.73 Å². The number of amides is 2. The molecule has 3 aromatic rings. The number of thioether (sulfide) groups is 1. The quantitative estimate of drug-likeness (QED) is 0.550. The third-order valence-corrected chi connectivity index (χ3v) is 6.18. The molecule has 168 valence electrons. The van der Waals surface area contributed by atoms with Crippen molar-refractivity contribution >= 4 is 34.6 Å². The van der Waals surface area contributed by atoms with Gasteiger partial charge in [-0.25, -0.2) is 4.98 Å². The Morgan fingerprint density at radius 2 is 1.72 bits per heavy atom. The summed E-state index contributed by atoms with van der Waals surface area (Å²) in [7, 11) is 0. The van der Waals surface area contributed by atoms with Gasteiger partial charge in [0.05, 0.1) is 11.0 Å². The zero-order valence-electron chi connectivity index (χ0n) is 17.3. The molecule has 0 atom stereocenters. The highest BCUT2D eigenvalue weighted by molar-refractivity contribution is 7.99. The number of hydrogen-bond donors (Lipinski definition) is 1. The number of carbonyl (C=O) groups excluding carboxylic acids is 2. The average molecular weight is 460 g/mol. The second-order valence-electron chi connectivity index (χ2n) is 7.57. The molecule has 1 saturated heterocycles. The van der Waals surface area contributed by atoms with Crippen LogP contribution >= 0.6 is 11.8 Å². The van der Waals surface area contributed by atoms with E-state index in [1.165, 1.54) is 0 Å². The smallest absolute Gasteiger partial charge is 0.291 e. The molecular formula is C22H23F2N5O2S. The summed E-state index contributed by atoms with van der Waals surface area (Å²) < 4.78 is 27.6. The number of primary amides is 1. The number of aromatic nitrogens is 2. The molecule has 2 heterocycles. The summed E-state index contributed by atoms with van der Waals surface area (Å²) in [6.07, 6.45) is 0. The average Bonchev–Trinajstić information content (AvgIpc) is 3.11. The van der Waals surface area contributed by atoms with Gasteiger partial charge in [0.25, 0.3) is 5.76 Å². The van der Waals surface area contributed by atoms with Gasteiger partial charge in [-0.2, -0.15) is 8.78 Å². The maximum Gasteiger partial charge on any atom is 0.291 e. The number of carbonyl (C=O) groups is 2. The molecule has 1 aliphatic heterocycles. The largest absolute Gasteiger partial charge is 0.366 e. The van der Waals surface area contributed by atoms with Crippen LogP contribution in [0.15, 0.2) is 53.7 Å². The van der Waals surface area contributed by atoms with Gasteiger partial charge in [-0.05, 0) is 41.6 Å². The fraction of sp³-hybridized carbons (Fsp3) is 0.318. The summed E-state index contributed by atoms with van der Waals surface area (Å²) in [5, 5.41) is 0.146. The third-order valence-electron chi connectivity index (χ3n) is 5.48. The number of nitrogens with two attached hydrogens (primary N) is 1. The Balaban J connectivity index is 1.37. The number of benzene rings is 2. The molecule has 1 aliphatic rings. The van der Waals surface area contributed by atoms with E-state index in [9.17, 15) is 18.4 Å². The highest BCUT2D eigenvalue weighted by Crippen LogP contribution is 2.28. The van der Waals surface area contributed by atoms with E-state index in [1.54, 1.807) is 45.9 Å². The Morgan fingerprint density at radius 3 is 2.38 bits per heavy atom. The van der Waals surface area contributed by atoms with Crippen LogP contribution in [0.25, 0.3) is 11.0 Å². The van der Waals surface area contributed by atoms with Crippen LogP contribution in [-0.2, 0) is 17.9 Å². The molecule has 0 aliphatic carbocycles. The summed E-state index contributed by atoms with van der Waals surface area (Å²) >= 11 is 0.354. The van der Waals surface area contributed by atoms with Crippen LogP contribution in [0, 0.1) is 0 Å². The number of hydrogen-bond acceptors (Lipinski definition) is 5. The fourth-order valence-corrected chi connectivity index (χ4v) is 4.40. The minimum Gasteiger partial charge on any atom is -0.366 e. The molecule has 4 rings (SSSR count). The lowest BCUT2D eigenvalue weighted by molar-refractivity contribution is -0.133. The number of rotatable bonds is 7. The van der Waals surface area contributed by atoms with Crippen LogP contribution in [0.2, 0.25) is 0 Å². The van der Waals surface area contributed by atoms with E-state index in [4.69, 9.17) is 5.73 Å². The molecule has 7 nitrogen and oxygen atoms in total. The second kappa shape index (κ2) is 9.66. The molecule has 0 radical (unpaired) electrons. The maximum atomic E-state index is 13.0. The van der Waals surface area contributed by atoms with E-state index in [-0.39, 0.29) is 17.6 Å². The van der Waals surface area contributed by atoms with Crippen molar-refractivity contribution in [3.8, 4) is 0 Å². The van der Waals surface area contributed by atoms with Gasteiger partial charge in [-0.1, -0.05) is 24.3 Å². The highest BCUT2D eigenvalue weighted by Gasteiger charge is 2.24. The minimum atomic E-state index is -2.61. The van der Waals surface area contributed by atoms with Crippen molar-refractivity contribution in [3.05, 3.63) is 59.7 Å². The minimum absolute atomic E-state index is 0.0237. The lowest BCUT2D eigenvalue weighted by Gasteiger charge is -2.35. The first-order valence-electron chi connectivity index (χ1n) is 10.2. The van der Waals surface area contributed by atoms with Gasteiger partial charge in [0.2, 0.25) is 11.8 Å². The SMILES string of the molecule is NC(=O)c1ccc(CN2CCN(C(=O)Cn3c(SC(F)F)nc4ccccc43)CC2)cc1. The van der Waals surface area contributed by atoms with Crippen molar-refractivity contribution in [1.29, 1.82) is 0 Å². The van der Waals surface area contributed by atoms with Gasteiger partial charge in [-0.15, -0.1) is 0 Å². The Bertz CT molecular complexity index is 1110. The molecule has 10 heteroatoms. The van der Waals surface area contributed by atoms with Gasteiger partial charge in [0.1, 0.15) is 6.54 Å². The molecule has 32 heavy (non-hydrogen) atoms. The molecule has 0 bridgehead atoms. The Morgan fingerprint density at radius 1 is 1.03 bits per heavy atom. The summed E-state index contributed by atoms with van der Waals surface area (Å²) in [6.45, 7) is 3.20. The number of imidazole rings is 1. The Kier molecular flexibility index (Phi) is 6.71. The molecule has 2 amide bonds. The molecular weight excluding hydrogens is 436 g/mol. The van der Waals surface area contributed by atoms with Crippen LogP contribution in [0.5, 0.6) is 0 Å². The third kappa shape index (κ3) is 5.08. The predicted octanol–water partition coefficient (Wildman–Crippen LogP) is 2.79. The molecule has 0 saturated carbocycles. The van der Waals surface area contributed by atoms with Crippen LogP contribution in [-0.4, -0.2) is 63.1 Å². The first-order valence-corrected chi connectivity index (χ1v) is 11.1. The van der Waals surface area contributed by atoms with Gasteiger partial charge in [0.15, 0.2) is 5.16 Å². The van der Waals surface area contributed by atoms with Crippen molar-refractivity contribution in [1.82, 2.24) is 19.4 Å². The van der Waals surface area contributed by atoms with E-state index < -0.39 is 11.7 Å². The summed E-state index contributed by atoms with van der Waals surface area (Å²) in [6, 6.07) is 14.3. The van der Waals surface area contributed by atoms with Crippen molar-refractivity contribution < 1.29 is 18.4 Å². The summed E-state index contributed by atoms with van der Waals surface area (Å²) in [5.41, 5.74) is 8.07. The standard InChI is InChI=1S/C22H23F2N5O2S/c23-21(24)32-22-26-17-3-1-2-4-18(17)29(22)14-19(30)28-11-9-27(10-12-28)13-15-5-7-16(8-6-15)20(25)31/h1-8,21H,9-14H2,(H2,25,31). The van der Waals surface area contributed by atoms with Crippen LogP contribution < -0.4 is 5.73 Å². The van der Waals surface area contributed by atoms with E-state index >= 15 is 0 Å². The molecule has 1 fully saturated rings. The van der Waals surface area contributed by atoms with Crippen molar-refractivity contribution in [2.75, 3.05) is 26.2 Å². The monoisotopic (exact) mass is 459 g/mol. The van der Waals surface area contributed by atoms with Crippen LogP contribution in [0.1, 0.15) is 15.9 Å². The van der Waals surface area contributed by atoms with Crippen molar-refractivity contribution in [3.63, 3.8) is 0 Å². The first kappa shape index (κ1) is 22.2. The molecule has 1 aromatic heterocycles. The van der Waals surface area contributed by atoms with Gasteiger partial charge in [-0.3, -0.25) is 14.5 Å². The topological polar surface area (TPSA) is 84.5 Å².